The third-order valence-electron chi connectivity index (χ3n) is 4.65. The van der Waals surface area contributed by atoms with Crippen molar-refractivity contribution < 1.29 is 23.4 Å². The van der Waals surface area contributed by atoms with Crippen LogP contribution in [0.15, 0.2) is 78.9 Å². The van der Waals surface area contributed by atoms with Gasteiger partial charge < -0.3 is 15.5 Å². The predicted molar refractivity (Wildman–Crippen MR) is 124 cm³/mol. The lowest BCUT2D eigenvalue weighted by molar-refractivity contribution is -0.118. The Morgan fingerprint density at radius 3 is 2.19 bits per heavy atom. The molecule has 0 aliphatic heterocycles. The molecule has 0 fully saturated rings. The summed E-state index contributed by atoms with van der Waals surface area (Å²) in [5.41, 5.74) is 1.70. The van der Waals surface area contributed by atoms with Crippen LogP contribution in [0, 0.1) is 0 Å². The van der Waals surface area contributed by atoms with Crippen molar-refractivity contribution in [3.05, 3.63) is 90.0 Å². The normalized spacial score (nSPS) is 13.2. The van der Waals surface area contributed by atoms with Gasteiger partial charge in [0.25, 0.3) is 0 Å². The van der Waals surface area contributed by atoms with Gasteiger partial charge in [0.05, 0.1) is 18.0 Å². The Labute approximate surface area is 187 Å². The summed E-state index contributed by atoms with van der Waals surface area (Å²) >= 11 is 0. The first-order valence-corrected chi connectivity index (χ1v) is 11.7. The molecule has 168 valence electrons. The number of hydrogen-bond donors (Lipinski definition) is 5. The summed E-state index contributed by atoms with van der Waals surface area (Å²) in [4.78, 5) is 13.0. The average Bonchev–Trinajstić information content (AvgIpc) is 2.76. The van der Waals surface area contributed by atoms with Gasteiger partial charge in [-0.05, 0) is 35.4 Å². The smallest absolute Gasteiger partial charge is 0.246 e. The number of rotatable bonds is 9. The molecule has 1 amide bonds. The van der Waals surface area contributed by atoms with E-state index in [1.807, 2.05) is 48.5 Å². The minimum atomic E-state index is -3.61. The highest BCUT2D eigenvalue weighted by molar-refractivity contribution is 7.92. The molecule has 0 saturated carbocycles. The van der Waals surface area contributed by atoms with E-state index in [9.17, 15) is 23.4 Å². The van der Waals surface area contributed by atoms with Crippen LogP contribution in [0.2, 0.25) is 0 Å². The minimum absolute atomic E-state index is 0.00482. The third kappa shape index (κ3) is 6.55. The number of phenolic OH excluding ortho intramolecular Hbond substituents is 1. The number of phenols is 1. The van der Waals surface area contributed by atoms with E-state index in [-0.39, 0.29) is 23.9 Å². The average molecular weight is 456 g/mol. The summed E-state index contributed by atoms with van der Waals surface area (Å²) in [5.74, 6) is -0.552. The molecule has 3 rings (SSSR count). The van der Waals surface area contributed by atoms with E-state index in [0.717, 1.165) is 11.8 Å². The molecule has 0 bridgehead atoms. The molecule has 0 unspecified atom stereocenters. The molecule has 0 aliphatic carbocycles. The summed E-state index contributed by atoms with van der Waals surface area (Å²) in [6.07, 6.45) is -0.0983. The molecule has 9 heteroatoms. The number of amides is 1. The van der Waals surface area contributed by atoms with Crippen LogP contribution in [0.1, 0.15) is 23.3 Å². The zero-order valence-electron chi connectivity index (χ0n) is 17.4. The Bertz CT molecular complexity index is 1150. The van der Waals surface area contributed by atoms with Crippen LogP contribution >= 0.6 is 0 Å². The number of benzene rings is 3. The van der Waals surface area contributed by atoms with Crippen molar-refractivity contribution in [2.75, 3.05) is 22.8 Å². The fourth-order valence-corrected chi connectivity index (χ4v) is 3.70. The molecular formula is C23H25N3O5S. The van der Waals surface area contributed by atoms with Crippen molar-refractivity contribution in [2.45, 2.75) is 12.1 Å². The topological polar surface area (TPSA) is 128 Å². The van der Waals surface area contributed by atoms with Gasteiger partial charge in [-0.3, -0.25) is 14.8 Å². The van der Waals surface area contributed by atoms with Crippen molar-refractivity contribution in [3.8, 4) is 5.75 Å². The van der Waals surface area contributed by atoms with Gasteiger partial charge in [-0.25, -0.2) is 8.42 Å². The van der Waals surface area contributed by atoms with E-state index in [1.165, 1.54) is 18.2 Å². The highest BCUT2D eigenvalue weighted by atomic mass is 32.2. The van der Waals surface area contributed by atoms with Gasteiger partial charge in [-0.15, -0.1) is 0 Å². The fraction of sp³-hybridized carbons (Fsp3) is 0.174. The molecule has 0 aromatic heterocycles. The van der Waals surface area contributed by atoms with E-state index in [4.69, 9.17) is 0 Å². The van der Waals surface area contributed by atoms with Crippen molar-refractivity contribution >= 4 is 27.3 Å². The van der Waals surface area contributed by atoms with Crippen LogP contribution in [0.3, 0.4) is 0 Å². The second-order valence-electron chi connectivity index (χ2n) is 7.27. The molecule has 0 radical (unpaired) electrons. The Kier molecular flexibility index (Phi) is 7.47. The molecule has 32 heavy (non-hydrogen) atoms. The van der Waals surface area contributed by atoms with Gasteiger partial charge in [0, 0.05) is 12.2 Å². The number of carbonyl (C=O) groups excluding carboxylic acids is 1. The highest BCUT2D eigenvalue weighted by Gasteiger charge is 2.22. The molecule has 3 aromatic carbocycles. The number of hydrogen-bond acceptors (Lipinski definition) is 6. The molecule has 8 nitrogen and oxygen atoms in total. The summed E-state index contributed by atoms with van der Waals surface area (Å²) in [6, 6.07) is 21.5. The molecule has 0 spiro atoms. The van der Waals surface area contributed by atoms with Crippen LogP contribution in [-0.2, 0) is 14.8 Å². The largest absolute Gasteiger partial charge is 0.506 e. The first kappa shape index (κ1) is 23.3. The van der Waals surface area contributed by atoms with Crippen LogP contribution in [0.25, 0.3) is 0 Å². The molecule has 0 aliphatic rings. The predicted octanol–water partition coefficient (Wildman–Crippen LogP) is 2.77. The van der Waals surface area contributed by atoms with Crippen molar-refractivity contribution in [1.82, 2.24) is 5.32 Å². The summed E-state index contributed by atoms with van der Waals surface area (Å²) < 4.78 is 25.2. The first-order valence-electron chi connectivity index (χ1n) is 9.86. The second kappa shape index (κ2) is 10.3. The Balaban J connectivity index is 1.76. The lowest BCUT2D eigenvalue weighted by atomic mass is 10.0. The molecule has 2 atom stereocenters. The maximum atomic E-state index is 13.0. The summed E-state index contributed by atoms with van der Waals surface area (Å²) in [7, 11) is -3.61. The van der Waals surface area contributed by atoms with Crippen LogP contribution < -0.4 is 15.4 Å². The van der Waals surface area contributed by atoms with Crippen LogP contribution in [0.4, 0.5) is 11.4 Å². The Morgan fingerprint density at radius 1 is 0.938 bits per heavy atom. The second-order valence-corrected chi connectivity index (χ2v) is 9.02. The minimum Gasteiger partial charge on any atom is -0.506 e. The molecule has 0 heterocycles. The maximum Gasteiger partial charge on any atom is 0.246 e. The van der Waals surface area contributed by atoms with E-state index >= 15 is 0 Å². The number of sulfonamides is 1. The highest BCUT2D eigenvalue weighted by Crippen LogP contribution is 2.28. The number of aliphatic hydroxyl groups is 1. The number of carbonyl (C=O) groups is 1. The maximum absolute atomic E-state index is 13.0. The Morgan fingerprint density at radius 2 is 1.56 bits per heavy atom. The summed E-state index contributed by atoms with van der Waals surface area (Å²) in [5, 5.41) is 26.5. The summed E-state index contributed by atoms with van der Waals surface area (Å²) in [6.45, 7) is 0.00482. The number of aliphatic hydroxyl groups excluding tert-OH is 1. The number of para-hydroxylation sites is 1. The zero-order valence-corrected chi connectivity index (χ0v) is 18.2. The third-order valence-corrected chi connectivity index (χ3v) is 5.24. The Hall–Kier alpha value is -3.40. The molecule has 5 N–H and O–H groups in total. The lowest BCUT2D eigenvalue weighted by Gasteiger charge is -2.21. The van der Waals surface area contributed by atoms with Gasteiger partial charge in [-0.1, -0.05) is 54.6 Å². The van der Waals surface area contributed by atoms with Gasteiger partial charge in [0.15, 0.2) is 0 Å². The van der Waals surface area contributed by atoms with Gasteiger partial charge in [0.1, 0.15) is 11.8 Å². The van der Waals surface area contributed by atoms with E-state index in [2.05, 4.69) is 15.4 Å². The lowest BCUT2D eigenvalue weighted by Crippen LogP contribution is -2.35. The van der Waals surface area contributed by atoms with Gasteiger partial charge >= 0.3 is 0 Å². The van der Waals surface area contributed by atoms with Crippen molar-refractivity contribution in [1.29, 1.82) is 0 Å². The monoisotopic (exact) mass is 455 g/mol. The van der Waals surface area contributed by atoms with Gasteiger partial charge in [-0.2, -0.15) is 0 Å². The van der Waals surface area contributed by atoms with E-state index < -0.39 is 22.2 Å². The molecule has 0 saturated heterocycles. The van der Waals surface area contributed by atoms with Crippen LogP contribution in [0.5, 0.6) is 5.75 Å². The van der Waals surface area contributed by atoms with Crippen molar-refractivity contribution in [3.63, 3.8) is 0 Å². The SMILES string of the molecule is CS(=O)(=O)Nc1cc([C@H](O)CN[C@@H](C(=O)Nc2ccccc2)c2ccccc2)ccc1O. The molecular weight excluding hydrogens is 430 g/mol. The number of aromatic hydroxyl groups is 1. The quantitative estimate of drug-likeness (QED) is 0.316. The number of nitrogens with one attached hydrogen (secondary N) is 3. The van der Waals surface area contributed by atoms with Crippen LogP contribution in [-0.4, -0.2) is 37.3 Å². The van der Waals surface area contributed by atoms with E-state index in [1.54, 1.807) is 12.1 Å². The molecule has 3 aromatic rings. The zero-order chi connectivity index (χ0) is 23.1. The first-order chi connectivity index (χ1) is 15.2. The van der Waals surface area contributed by atoms with Crippen molar-refractivity contribution in [2.24, 2.45) is 0 Å². The van der Waals surface area contributed by atoms with E-state index in [0.29, 0.717) is 11.3 Å². The number of anilines is 2. The van der Waals surface area contributed by atoms with Gasteiger partial charge in [0.2, 0.25) is 15.9 Å². The standard InChI is InChI=1S/C23H25N3O5S/c1-32(30,31)26-19-14-17(12-13-20(19)27)21(28)15-24-22(16-8-4-2-5-9-16)23(29)25-18-10-6-3-7-11-18/h2-14,21-22,24,26-28H,15H2,1H3,(H,25,29)/t21-,22-/m1/s1. The fourth-order valence-electron chi connectivity index (χ4n) is 3.13.